The molecule has 24 heavy (non-hydrogen) atoms. The molecule has 2 aromatic rings. The van der Waals surface area contributed by atoms with E-state index in [2.05, 4.69) is 29.2 Å². The summed E-state index contributed by atoms with van der Waals surface area (Å²) in [6.07, 6.45) is 3.74. The zero-order valence-corrected chi connectivity index (χ0v) is 15.0. The fourth-order valence-corrected chi connectivity index (χ4v) is 2.76. The average Bonchev–Trinajstić information content (AvgIpc) is 3.00. The van der Waals surface area contributed by atoms with E-state index in [-0.39, 0.29) is 5.91 Å². The molecule has 130 valence electrons. The van der Waals surface area contributed by atoms with Crippen LogP contribution in [0, 0.1) is 6.92 Å². The molecule has 0 atom stereocenters. The zero-order valence-electron chi connectivity index (χ0n) is 15.0. The Morgan fingerprint density at radius 3 is 2.54 bits per heavy atom. The minimum atomic E-state index is -0.0440. The first-order valence-corrected chi connectivity index (χ1v) is 8.78. The van der Waals surface area contributed by atoms with Crippen molar-refractivity contribution in [2.24, 2.45) is 0 Å². The maximum Gasteiger partial charge on any atom is 0.254 e. The van der Waals surface area contributed by atoms with Gasteiger partial charge in [0.25, 0.3) is 5.91 Å². The minimum absolute atomic E-state index is 0.0440. The van der Waals surface area contributed by atoms with Crippen LogP contribution < -0.4 is 5.32 Å². The van der Waals surface area contributed by atoms with Gasteiger partial charge in [0, 0.05) is 6.54 Å². The second kappa shape index (κ2) is 9.23. The molecule has 5 nitrogen and oxygen atoms in total. The lowest BCUT2D eigenvalue weighted by atomic mass is 10.2. The fourth-order valence-electron chi connectivity index (χ4n) is 2.76. The summed E-state index contributed by atoms with van der Waals surface area (Å²) in [4.78, 5) is 14.7. The number of aromatic nitrogens is 2. The Morgan fingerprint density at radius 2 is 1.88 bits per heavy atom. The van der Waals surface area contributed by atoms with Gasteiger partial charge in [0.2, 0.25) is 0 Å². The first kappa shape index (κ1) is 18.2. The van der Waals surface area contributed by atoms with Crippen LogP contribution in [0.5, 0.6) is 0 Å². The van der Waals surface area contributed by atoms with Crippen LogP contribution >= 0.6 is 0 Å². The molecule has 0 bridgehead atoms. The Hall–Kier alpha value is -2.14. The quantitative estimate of drug-likeness (QED) is 0.720. The maximum absolute atomic E-state index is 12.3. The number of unbranched alkanes of at least 4 members (excludes halogenated alkanes) is 1. The third kappa shape index (κ3) is 4.68. The molecule has 5 heteroatoms. The Morgan fingerprint density at radius 1 is 1.17 bits per heavy atom. The normalized spacial score (nSPS) is 11.0. The highest BCUT2D eigenvalue weighted by molar-refractivity contribution is 5.95. The summed E-state index contributed by atoms with van der Waals surface area (Å²) in [6, 6.07) is 9.86. The van der Waals surface area contributed by atoms with E-state index in [1.807, 2.05) is 37.3 Å². The molecule has 0 radical (unpaired) electrons. The van der Waals surface area contributed by atoms with E-state index >= 15 is 0 Å². The molecule has 1 aromatic heterocycles. The van der Waals surface area contributed by atoms with Crippen molar-refractivity contribution in [1.82, 2.24) is 20.0 Å². The number of carbonyl (C=O) groups is 1. The van der Waals surface area contributed by atoms with Crippen molar-refractivity contribution in [3.63, 3.8) is 0 Å². The summed E-state index contributed by atoms with van der Waals surface area (Å²) < 4.78 is 1.80. The molecule has 0 unspecified atom stereocenters. The number of nitrogens with one attached hydrogen (secondary N) is 1. The molecule has 0 saturated carbocycles. The molecule has 0 aliphatic carbocycles. The molecule has 0 fully saturated rings. The van der Waals surface area contributed by atoms with E-state index in [9.17, 15) is 4.79 Å². The van der Waals surface area contributed by atoms with Gasteiger partial charge in [0.05, 0.1) is 23.1 Å². The summed E-state index contributed by atoms with van der Waals surface area (Å²) in [5.74, 6) is -0.0440. The first-order chi connectivity index (χ1) is 11.7. The van der Waals surface area contributed by atoms with E-state index in [4.69, 9.17) is 0 Å². The van der Waals surface area contributed by atoms with Gasteiger partial charge in [-0.15, -0.1) is 0 Å². The summed E-state index contributed by atoms with van der Waals surface area (Å²) in [5, 5.41) is 7.35. The number of para-hydroxylation sites is 1. The van der Waals surface area contributed by atoms with Crippen molar-refractivity contribution in [3.05, 3.63) is 47.8 Å². The van der Waals surface area contributed by atoms with Crippen LogP contribution in [0.2, 0.25) is 0 Å². The third-order valence-corrected chi connectivity index (χ3v) is 4.34. The lowest BCUT2D eigenvalue weighted by Gasteiger charge is -2.17. The first-order valence-electron chi connectivity index (χ1n) is 8.78. The Kier molecular flexibility index (Phi) is 7.00. The number of hydrogen-bond acceptors (Lipinski definition) is 3. The molecular formula is C19H28N4O. The standard InChI is InChI=1S/C19H28N4O/c1-4-22(5-2)14-10-9-13-20-19(24)18-15-21-23(16(18)3)17-11-7-6-8-12-17/h6-8,11-12,15H,4-5,9-10,13-14H2,1-3H3,(H,20,24). The van der Waals surface area contributed by atoms with Crippen LogP contribution in [0.25, 0.3) is 5.69 Å². The molecule has 0 saturated heterocycles. The molecule has 0 aliphatic heterocycles. The number of benzene rings is 1. The van der Waals surface area contributed by atoms with E-state index in [1.54, 1.807) is 10.9 Å². The van der Waals surface area contributed by atoms with Gasteiger partial charge in [-0.2, -0.15) is 5.10 Å². The fraction of sp³-hybridized carbons (Fsp3) is 0.474. The van der Waals surface area contributed by atoms with Crippen molar-refractivity contribution in [2.75, 3.05) is 26.2 Å². The average molecular weight is 328 g/mol. The van der Waals surface area contributed by atoms with Crippen LogP contribution in [-0.2, 0) is 0 Å². The SMILES string of the molecule is CCN(CC)CCCCNC(=O)c1cnn(-c2ccccc2)c1C. The van der Waals surface area contributed by atoms with Crippen LogP contribution in [-0.4, -0.2) is 46.8 Å². The zero-order chi connectivity index (χ0) is 17.4. The predicted molar refractivity (Wildman–Crippen MR) is 97.7 cm³/mol. The molecular weight excluding hydrogens is 300 g/mol. The van der Waals surface area contributed by atoms with Gasteiger partial charge < -0.3 is 10.2 Å². The van der Waals surface area contributed by atoms with Crippen molar-refractivity contribution in [1.29, 1.82) is 0 Å². The summed E-state index contributed by atoms with van der Waals surface area (Å²) in [5.41, 5.74) is 2.47. The highest BCUT2D eigenvalue weighted by Crippen LogP contribution is 2.13. The minimum Gasteiger partial charge on any atom is -0.352 e. The van der Waals surface area contributed by atoms with Crippen molar-refractivity contribution < 1.29 is 4.79 Å². The van der Waals surface area contributed by atoms with Gasteiger partial charge in [-0.3, -0.25) is 4.79 Å². The third-order valence-electron chi connectivity index (χ3n) is 4.34. The lowest BCUT2D eigenvalue weighted by Crippen LogP contribution is -2.27. The monoisotopic (exact) mass is 328 g/mol. The van der Waals surface area contributed by atoms with Gasteiger partial charge in [0.1, 0.15) is 0 Å². The summed E-state index contributed by atoms with van der Waals surface area (Å²) >= 11 is 0. The van der Waals surface area contributed by atoms with Crippen molar-refractivity contribution >= 4 is 5.91 Å². The second-order valence-electron chi connectivity index (χ2n) is 5.88. The highest BCUT2D eigenvalue weighted by atomic mass is 16.1. The predicted octanol–water partition coefficient (Wildman–Crippen LogP) is 3.03. The Balaban J connectivity index is 1.84. The Labute approximate surface area is 144 Å². The van der Waals surface area contributed by atoms with Crippen LogP contribution in [0.4, 0.5) is 0 Å². The molecule has 1 heterocycles. The van der Waals surface area contributed by atoms with E-state index < -0.39 is 0 Å². The van der Waals surface area contributed by atoms with Gasteiger partial charge in [0.15, 0.2) is 0 Å². The molecule has 0 aliphatic rings. The van der Waals surface area contributed by atoms with Crippen LogP contribution in [0.15, 0.2) is 36.5 Å². The number of nitrogens with zero attached hydrogens (tertiary/aromatic N) is 3. The molecule has 2 rings (SSSR count). The van der Waals surface area contributed by atoms with Gasteiger partial charge in [-0.1, -0.05) is 32.0 Å². The van der Waals surface area contributed by atoms with Gasteiger partial charge in [-0.05, 0) is 51.5 Å². The van der Waals surface area contributed by atoms with Crippen LogP contribution in [0.1, 0.15) is 42.7 Å². The summed E-state index contributed by atoms with van der Waals surface area (Å²) in [6.45, 7) is 10.2. The number of amides is 1. The highest BCUT2D eigenvalue weighted by Gasteiger charge is 2.14. The van der Waals surface area contributed by atoms with Gasteiger partial charge in [-0.25, -0.2) is 4.68 Å². The molecule has 1 aromatic carbocycles. The molecule has 1 amide bonds. The lowest BCUT2D eigenvalue weighted by molar-refractivity contribution is 0.0952. The number of carbonyl (C=O) groups excluding carboxylic acids is 1. The molecule has 1 N–H and O–H groups in total. The number of hydrogen-bond donors (Lipinski definition) is 1. The van der Waals surface area contributed by atoms with Crippen molar-refractivity contribution in [3.8, 4) is 5.69 Å². The van der Waals surface area contributed by atoms with E-state index in [1.165, 1.54) is 0 Å². The van der Waals surface area contributed by atoms with Crippen LogP contribution in [0.3, 0.4) is 0 Å². The number of rotatable bonds is 9. The van der Waals surface area contributed by atoms with E-state index in [0.717, 1.165) is 43.9 Å². The Bertz CT molecular complexity index is 632. The van der Waals surface area contributed by atoms with Gasteiger partial charge >= 0.3 is 0 Å². The topological polar surface area (TPSA) is 50.2 Å². The largest absolute Gasteiger partial charge is 0.352 e. The second-order valence-corrected chi connectivity index (χ2v) is 5.88. The van der Waals surface area contributed by atoms with Crippen molar-refractivity contribution in [2.45, 2.75) is 33.6 Å². The maximum atomic E-state index is 12.3. The molecule has 0 spiro atoms. The summed E-state index contributed by atoms with van der Waals surface area (Å²) in [7, 11) is 0. The van der Waals surface area contributed by atoms with E-state index in [0.29, 0.717) is 12.1 Å². The smallest absolute Gasteiger partial charge is 0.254 e.